The summed E-state index contributed by atoms with van der Waals surface area (Å²) in [6.45, 7) is 2.70. The highest BCUT2D eigenvalue weighted by atomic mass is 16.7. The Labute approximate surface area is 54.3 Å². The minimum Gasteiger partial charge on any atom is -0.371 e. The van der Waals surface area contributed by atoms with Crippen LogP contribution in [0, 0.1) is 0 Å². The maximum atomic E-state index is 10.4. The average Bonchev–Trinajstić information content (AvgIpc) is 1.89. The zero-order valence-corrected chi connectivity index (χ0v) is 5.52. The van der Waals surface area contributed by atoms with Crippen LogP contribution < -0.4 is 11.2 Å². The molecule has 0 heterocycles. The fourth-order valence-corrected chi connectivity index (χ4v) is 0.263. The molecule has 0 aliphatic carbocycles. The summed E-state index contributed by atoms with van der Waals surface area (Å²) in [4.78, 5) is 14.8. The van der Waals surface area contributed by atoms with Gasteiger partial charge in [0.05, 0.1) is 0 Å². The van der Waals surface area contributed by atoms with Gasteiger partial charge in [0.25, 0.3) is 0 Å². The van der Waals surface area contributed by atoms with Crippen LogP contribution in [0.5, 0.6) is 0 Å². The highest BCUT2D eigenvalue weighted by molar-refractivity contribution is 5.68. The Balaban J connectivity index is 2.97. The van der Waals surface area contributed by atoms with Crippen LogP contribution in [0.3, 0.4) is 0 Å². The summed E-state index contributed by atoms with van der Waals surface area (Å²) in [7, 11) is 0. The highest BCUT2D eigenvalue weighted by Gasteiger charge is 1.94. The number of nitrogens with one attached hydrogen (secondary N) is 1. The quantitative estimate of drug-likeness (QED) is 0.396. The summed E-state index contributed by atoms with van der Waals surface area (Å²) >= 11 is 0. The molecule has 0 bridgehead atoms. The zero-order valence-electron chi connectivity index (χ0n) is 5.52. The molecule has 0 aliphatic rings. The molecule has 0 rings (SSSR count). The van der Waals surface area contributed by atoms with Crippen LogP contribution in [0.4, 0.5) is 0 Å². The monoisotopic (exact) mass is 132 g/mol. The second-order valence-electron chi connectivity index (χ2n) is 1.51. The molecule has 0 spiro atoms. The fraction of sp³-hybridized carbons (Fsp3) is 0.800. The molecule has 0 atom stereocenters. The second kappa shape index (κ2) is 5.53. The number of rotatable bonds is 4. The van der Waals surface area contributed by atoms with E-state index in [1.807, 2.05) is 0 Å². The normalized spacial score (nSPS) is 9.11. The summed E-state index contributed by atoms with van der Waals surface area (Å²) in [5, 5.41) is 0. The predicted molar refractivity (Wildman–Crippen MR) is 33.4 cm³/mol. The molecule has 0 radical (unpaired) electrons. The third kappa shape index (κ3) is 5.26. The van der Waals surface area contributed by atoms with Crippen LogP contribution >= 0.6 is 0 Å². The third-order valence-electron chi connectivity index (χ3n) is 0.721. The molecule has 0 aromatic rings. The van der Waals surface area contributed by atoms with Crippen LogP contribution in [-0.2, 0) is 9.63 Å². The lowest BCUT2D eigenvalue weighted by molar-refractivity contribution is -0.150. The van der Waals surface area contributed by atoms with Crippen molar-refractivity contribution in [1.29, 1.82) is 0 Å². The third-order valence-corrected chi connectivity index (χ3v) is 0.721. The Kier molecular flexibility index (Phi) is 5.15. The minimum atomic E-state index is -0.261. The highest BCUT2D eigenvalue weighted by Crippen LogP contribution is 1.77. The molecule has 0 fully saturated rings. The molecule has 4 heteroatoms. The lowest BCUT2D eigenvalue weighted by Gasteiger charge is -2.00. The van der Waals surface area contributed by atoms with Gasteiger partial charge in [-0.2, -0.15) is 5.48 Å². The van der Waals surface area contributed by atoms with Crippen molar-refractivity contribution in [3.8, 4) is 0 Å². The Morgan fingerprint density at radius 3 is 2.89 bits per heavy atom. The molecule has 0 saturated carbocycles. The van der Waals surface area contributed by atoms with Gasteiger partial charge in [-0.3, -0.25) is 4.79 Å². The van der Waals surface area contributed by atoms with Crippen molar-refractivity contribution in [3.63, 3.8) is 0 Å². The van der Waals surface area contributed by atoms with Crippen LogP contribution in [0.15, 0.2) is 0 Å². The van der Waals surface area contributed by atoms with Gasteiger partial charge in [0.2, 0.25) is 0 Å². The first-order valence-corrected chi connectivity index (χ1v) is 2.93. The Morgan fingerprint density at radius 2 is 2.44 bits per heavy atom. The number of nitrogens with two attached hydrogens (primary N) is 1. The summed E-state index contributed by atoms with van der Waals surface area (Å²) in [6.07, 6.45) is 0.386. The molecule has 3 N–H and O–H groups in total. The molecule has 0 saturated heterocycles. The zero-order chi connectivity index (χ0) is 7.11. The van der Waals surface area contributed by atoms with E-state index >= 15 is 0 Å². The molecule has 0 aromatic carbocycles. The van der Waals surface area contributed by atoms with E-state index in [1.54, 1.807) is 6.92 Å². The summed E-state index contributed by atoms with van der Waals surface area (Å²) in [6, 6.07) is 0. The molecular formula is C5H12N2O2. The van der Waals surface area contributed by atoms with Crippen molar-refractivity contribution in [2.75, 3.05) is 13.1 Å². The number of hydroxylamine groups is 1. The van der Waals surface area contributed by atoms with E-state index in [0.717, 1.165) is 0 Å². The molecule has 4 nitrogen and oxygen atoms in total. The first kappa shape index (κ1) is 8.39. The molecule has 0 aliphatic heterocycles. The van der Waals surface area contributed by atoms with Gasteiger partial charge in [-0.25, -0.2) is 0 Å². The second-order valence-corrected chi connectivity index (χ2v) is 1.51. The van der Waals surface area contributed by atoms with E-state index in [9.17, 15) is 4.79 Å². The standard InChI is InChI=1S/C5H12N2O2/c1-2-5(8)9-7-4-3-6/h7H,2-4,6H2,1H3. The lowest BCUT2D eigenvalue weighted by atomic mass is 10.5. The van der Waals surface area contributed by atoms with Gasteiger partial charge in [0.15, 0.2) is 0 Å². The van der Waals surface area contributed by atoms with E-state index in [4.69, 9.17) is 5.73 Å². The van der Waals surface area contributed by atoms with Crippen molar-refractivity contribution >= 4 is 5.97 Å². The Morgan fingerprint density at radius 1 is 1.78 bits per heavy atom. The smallest absolute Gasteiger partial charge is 0.324 e. The van der Waals surface area contributed by atoms with Gasteiger partial charge in [-0.05, 0) is 0 Å². The van der Waals surface area contributed by atoms with Crippen LogP contribution in [-0.4, -0.2) is 19.1 Å². The van der Waals surface area contributed by atoms with E-state index in [0.29, 0.717) is 19.5 Å². The molecule has 0 unspecified atom stereocenters. The van der Waals surface area contributed by atoms with Gasteiger partial charge >= 0.3 is 5.97 Å². The maximum absolute atomic E-state index is 10.4. The topological polar surface area (TPSA) is 64.3 Å². The van der Waals surface area contributed by atoms with Gasteiger partial charge in [0, 0.05) is 19.5 Å². The van der Waals surface area contributed by atoms with Crippen molar-refractivity contribution in [3.05, 3.63) is 0 Å². The summed E-state index contributed by atoms with van der Waals surface area (Å²) < 4.78 is 0. The Hall–Kier alpha value is -0.610. The molecule has 54 valence electrons. The van der Waals surface area contributed by atoms with Gasteiger partial charge in [-0.1, -0.05) is 6.92 Å². The van der Waals surface area contributed by atoms with Gasteiger partial charge < -0.3 is 10.6 Å². The molecular weight excluding hydrogens is 120 g/mol. The largest absolute Gasteiger partial charge is 0.371 e. The lowest BCUT2D eigenvalue weighted by Crippen LogP contribution is -2.25. The van der Waals surface area contributed by atoms with E-state index in [2.05, 4.69) is 10.3 Å². The molecule has 0 amide bonds. The number of hydrogen-bond donors (Lipinski definition) is 2. The van der Waals surface area contributed by atoms with Crippen molar-refractivity contribution in [1.82, 2.24) is 5.48 Å². The van der Waals surface area contributed by atoms with Crippen LogP contribution in [0.2, 0.25) is 0 Å². The van der Waals surface area contributed by atoms with Crippen LogP contribution in [0.1, 0.15) is 13.3 Å². The molecule has 9 heavy (non-hydrogen) atoms. The van der Waals surface area contributed by atoms with Gasteiger partial charge in [0.1, 0.15) is 0 Å². The summed E-state index contributed by atoms with van der Waals surface area (Å²) in [5.74, 6) is -0.261. The first-order valence-electron chi connectivity index (χ1n) is 2.93. The Bertz CT molecular complexity index is 85.0. The fourth-order valence-electron chi connectivity index (χ4n) is 0.263. The SMILES string of the molecule is CCC(=O)ONCCN. The van der Waals surface area contributed by atoms with Crippen molar-refractivity contribution in [2.45, 2.75) is 13.3 Å². The predicted octanol–water partition coefficient (Wildman–Crippen LogP) is -0.597. The first-order chi connectivity index (χ1) is 4.31. The number of carbonyl (C=O) groups excluding carboxylic acids is 1. The van der Waals surface area contributed by atoms with E-state index in [-0.39, 0.29) is 5.97 Å². The van der Waals surface area contributed by atoms with Crippen molar-refractivity contribution in [2.24, 2.45) is 5.73 Å². The van der Waals surface area contributed by atoms with E-state index in [1.165, 1.54) is 0 Å². The van der Waals surface area contributed by atoms with Crippen molar-refractivity contribution < 1.29 is 9.63 Å². The van der Waals surface area contributed by atoms with Gasteiger partial charge in [-0.15, -0.1) is 0 Å². The minimum absolute atomic E-state index is 0.261. The van der Waals surface area contributed by atoms with E-state index < -0.39 is 0 Å². The number of carbonyl (C=O) groups is 1. The average molecular weight is 132 g/mol. The summed E-state index contributed by atoms with van der Waals surface area (Å²) in [5.41, 5.74) is 7.51. The van der Waals surface area contributed by atoms with Crippen LogP contribution in [0.25, 0.3) is 0 Å². The maximum Gasteiger partial charge on any atom is 0.324 e. The number of hydrogen-bond acceptors (Lipinski definition) is 4. The molecule has 0 aromatic heterocycles.